The van der Waals surface area contributed by atoms with Crippen molar-refractivity contribution in [2.45, 2.75) is 69.1 Å². The van der Waals surface area contributed by atoms with Crippen molar-refractivity contribution >= 4 is 58.5 Å². The molecule has 3 heterocycles. The number of nitrogens with one attached hydrogen (secondary N) is 5. The van der Waals surface area contributed by atoms with Crippen LogP contribution in [0.5, 0.6) is 0 Å². The van der Waals surface area contributed by atoms with Crippen LogP contribution in [0, 0.1) is 0 Å². The fraction of sp³-hybridized carbons (Fsp3) is 0.275. The van der Waals surface area contributed by atoms with E-state index in [1.807, 2.05) is 47.8 Å². The average molecular weight is 768 g/mol. The third-order valence-corrected chi connectivity index (χ3v) is 9.82. The second kappa shape index (κ2) is 19.1. The maximum atomic E-state index is 14.1. The van der Waals surface area contributed by atoms with E-state index in [9.17, 15) is 43.8 Å². The molecule has 4 aromatic rings. The summed E-state index contributed by atoms with van der Waals surface area (Å²) in [4.78, 5) is 92.1. The first-order valence-corrected chi connectivity index (χ1v) is 18.5. The van der Waals surface area contributed by atoms with Gasteiger partial charge in [-0.2, -0.15) is 0 Å². The standard InChI is InChI=1S/C40H41N5O9S/c46-34-17-18-35(47)42-32(23-29-7-4-20-55-29)39(52)44-31(21-24-8-12-27(13-9-24)26-5-2-1-3-6-26)38(51)43-30(16-19-36(48)49)37(50)45-33(40(53)54)22-25-10-14-28(41-34)15-11-25/h1-15,20,30-33H,16-19,21-23H2,(H,41,46)(H,42,47)(H,43,51)(H,44,52)(H,45,50)(H,48,49)(H,53,54)/t30-,31-,32+,33-/m0/s1. The number of carbonyl (C=O) groups is 7. The maximum Gasteiger partial charge on any atom is 0.326 e. The monoisotopic (exact) mass is 767 g/mol. The highest BCUT2D eigenvalue weighted by Gasteiger charge is 2.32. The number of carboxylic acids is 2. The number of aliphatic carboxylic acids is 2. The fourth-order valence-corrected chi connectivity index (χ4v) is 6.73. The quantitative estimate of drug-likeness (QED) is 0.124. The molecule has 0 fully saturated rings. The van der Waals surface area contributed by atoms with Crippen LogP contribution in [0.1, 0.15) is 41.7 Å². The topological polar surface area (TPSA) is 220 Å². The van der Waals surface area contributed by atoms with Crippen LogP contribution in [0.25, 0.3) is 11.1 Å². The normalized spacial score (nSPS) is 20.2. The summed E-state index contributed by atoms with van der Waals surface area (Å²) >= 11 is 1.36. The van der Waals surface area contributed by atoms with Gasteiger partial charge < -0.3 is 36.8 Å². The average Bonchev–Trinajstić information content (AvgIpc) is 3.69. The van der Waals surface area contributed by atoms with E-state index in [-0.39, 0.29) is 38.5 Å². The van der Waals surface area contributed by atoms with E-state index in [2.05, 4.69) is 26.6 Å². The third kappa shape index (κ3) is 12.1. The number of anilines is 1. The van der Waals surface area contributed by atoms with E-state index in [0.717, 1.165) is 16.0 Å². The van der Waals surface area contributed by atoms with Gasteiger partial charge >= 0.3 is 11.9 Å². The van der Waals surface area contributed by atoms with Crippen molar-refractivity contribution in [3.05, 3.63) is 112 Å². The molecule has 2 aliphatic heterocycles. The number of rotatable bonds is 9. The Hall–Kier alpha value is -6.35. The number of hydrogen-bond acceptors (Lipinski definition) is 8. The van der Waals surface area contributed by atoms with Crippen LogP contribution in [0.2, 0.25) is 0 Å². The highest BCUT2D eigenvalue weighted by Crippen LogP contribution is 2.20. The summed E-state index contributed by atoms with van der Waals surface area (Å²) in [7, 11) is 0. The van der Waals surface area contributed by atoms with E-state index in [1.54, 1.807) is 48.5 Å². The van der Waals surface area contributed by atoms with Crippen molar-refractivity contribution in [2.24, 2.45) is 0 Å². The van der Waals surface area contributed by atoms with E-state index in [0.29, 0.717) is 16.8 Å². The zero-order valence-electron chi connectivity index (χ0n) is 29.7. The molecule has 7 N–H and O–H groups in total. The van der Waals surface area contributed by atoms with Crippen LogP contribution in [-0.2, 0) is 52.8 Å². The molecule has 6 rings (SSSR count). The number of carboxylic acid groups (broad SMARTS) is 2. The number of fused-ring (bicyclic) bond motifs is 18. The minimum atomic E-state index is -1.49. The second-order valence-corrected chi connectivity index (χ2v) is 14.1. The van der Waals surface area contributed by atoms with E-state index >= 15 is 0 Å². The summed E-state index contributed by atoms with van der Waals surface area (Å²) in [5.41, 5.74) is 3.40. The minimum absolute atomic E-state index is 0.0622. The first kappa shape index (κ1) is 39.8. The Kier molecular flexibility index (Phi) is 13.9. The number of thiophene rings is 1. The van der Waals surface area contributed by atoms with Crippen LogP contribution < -0.4 is 26.6 Å². The first-order valence-electron chi connectivity index (χ1n) is 17.6. The molecule has 4 atom stereocenters. The second-order valence-electron chi connectivity index (χ2n) is 13.1. The Bertz CT molecular complexity index is 1990. The fourth-order valence-electron chi connectivity index (χ4n) is 5.98. The van der Waals surface area contributed by atoms with Gasteiger partial charge in [-0.05, 0) is 52.3 Å². The van der Waals surface area contributed by atoms with Crippen molar-refractivity contribution in [3.63, 3.8) is 0 Å². The van der Waals surface area contributed by atoms with Crippen LogP contribution in [-0.4, -0.2) is 75.9 Å². The van der Waals surface area contributed by atoms with Crippen LogP contribution in [0.4, 0.5) is 5.69 Å². The zero-order valence-corrected chi connectivity index (χ0v) is 30.5. The van der Waals surface area contributed by atoms with E-state index < -0.39 is 72.1 Å². The van der Waals surface area contributed by atoms with Gasteiger partial charge in [-0.1, -0.05) is 72.8 Å². The SMILES string of the molecule is O=C(O)CC[C@@H]1NC(=O)[C@H](Cc2ccc(-c3ccccc3)cc2)NC(=O)[C@@H](Cc2cccs2)NC(=O)CCC(=O)Nc2ccc(cc2)C[C@@H](C(=O)O)NC1=O. The molecule has 0 radical (unpaired) electrons. The van der Waals surface area contributed by atoms with Gasteiger partial charge in [0.1, 0.15) is 24.2 Å². The Morgan fingerprint density at radius 3 is 1.89 bits per heavy atom. The molecule has 286 valence electrons. The molecule has 0 spiro atoms. The van der Waals surface area contributed by atoms with Gasteiger partial charge in [0.15, 0.2) is 0 Å². The molecule has 0 saturated carbocycles. The number of carbonyl (C=O) groups excluding carboxylic acids is 5. The lowest BCUT2D eigenvalue weighted by Gasteiger charge is -2.26. The molecule has 15 heteroatoms. The maximum absolute atomic E-state index is 14.1. The molecular formula is C40H41N5O9S. The summed E-state index contributed by atoms with van der Waals surface area (Å²) in [6.45, 7) is 0. The summed E-state index contributed by atoms with van der Waals surface area (Å²) in [6.07, 6.45) is -1.50. The van der Waals surface area contributed by atoms with Crippen molar-refractivity contribution in [3.8, 4) is 11.1 Å². The highest BCUT2D eigenvalue weighted by molar-refractivity contribution is 7.09. The molecule has 14 nitrogen and oxygen atoms in total. The molecule has 55 heavy (non-hydrogen) atoms. The van der Waals surface area contributed by atoms with Crippen LogP contribution in [0.3, 0.4) is 0 Å². The van der Waals surface area contributed by atoms with Crippen molar-refractivity contribution in [1.29, 1.82) is 0 Å². The third-order valence-electron chi connectivity index (χ3n) is 8.92. The summed E-state index contributed by atoms with van der Waals surface area (Å²) in [5.74, 6) is -6.14. The van der Waals surface area contributed by atoms with Gasteiger partial charge in [0, 0.05) is 49.1 Å². The summed E-state index contributed by atoms with van der Waals surface area (Å²) in [5, 5.41) is 34.3. The van der Waals surface area contributed by atoms with Gasteiger partial charge in [0.05, 0.1) is 0 Å². The van der Waals surface area contributed by atoms with Gasteiger partial charge in [-0.15, -0.1) is 11.3 Å². The molecular weight excluding hydrogens is 727 g/mol. The lowest BCUT2D eigenvalue weighted by molar-refractivity contribution is -0.143. The molecule has 0 saturated heterocycles. The molecule has 0 unspecified atom stereocenters. The summed E-state index contributed by atoms with van der Waals surface area (Å²) in [6, 6.07) is 21.3. The first-order chi connectivity index (χ1) is 26.4. The van der Waals surface area contributed by atoms with Gasteiger partial charge in [-0.25, -0.2) is 4.79 Å². The van der Waals surface area contributed by atoms with Crippen molar-refractivity contribution in [2.75, 3.05) is 5.32 Å². The van der Waals surface area contributed by atoms with Crippen LogP contribution >= 0.6 is 11.3 Å². The molecule has 2 aliphatic rings. The number of benzene rings is 3. The van der Waals surface area contributed by atoms with Gasteiger partial charge in [0.25, 0.3) is 0 Å². The largest absolute Gasteiger partial charge is 0.481 e. The summed E-state index contributed by atoms with van der Waals surface area (Å²) < 4.78 is 0. The number of hydrogen-bond donors (Lipinski definition) is 7. The smallest absolute Gasteiger partial charge is 0.326 e. The zero-order chi connectivity index (χ0) is 39.3. The molecule has 5 amide bonds. The molecule has 2 bridgehead atoms. The van der Waals surface area contributed by atoms with E-state index in [1.165, 1.54) is 11.3 Å². The van der Waals surface area contributed by atoms with Crippen molar-refractivity contribution in [1.82, 2.24) is 21.3 Å². The van der Waals surface area contributed by atoms with E-state index in [4.69, 9.17) is 0 Å². The Balaban J connectivity index is 1.48. The molecule has 3 aromatic carbocycles. The Labute approximate surface area is 320 Å². The lowest BCUT2D eigenvalue weighted by atomic mass is 9.99. The minimum Gasteiger partial charge on any atom is -0.481 e. The lowest BCUT2D eigenvalue weighted by Crippen LogP contribution is -2.58. The predicted molar refractivity (Wildman–Crippen MR) is 204 cm³/mol. The van der Waals surface area contributed by atoms with Gasteiger partial charge in [0.2, 0.25) is 29.5 Å². The Morgan fingerprint density at radius 2 is 1.25 bits per heavy atom. The molecule has 1 aromatic heterocycles. The predicted octanol–water partition coefficient (Wildman–Crippen LogP) is 3.06. The van der Waals surface area contributed by atoms with Crippen molar-refractivity contribution < 1.29 is 43.8 Å². The van der Waals surface area contributed by atoms with Gasteiger partial charge in [-0.3, -0.25) is 28.8 Å². The van der Waals surface area contributed by atoms with Crippen LogP contribution in [0.15, 0.2) is 96.4 Å². The molecule has 0 aliphatic carbocycles. The highest BCUT2D eigenvalue weighted by atomic mass is 32.1. The Morgan fingerprint density at radius 1 is 0.636 bits per heavy atom. The number of amides is 5.